The first-order valence-corrected chi connectivity index (χ1v) is 8.01. The summed E-state index contributed by atoms with van der Waals surface area (Å²) in [5.41, 5.74) is 1.27. The second-order valence-electron chi connectivity index (χ2n) is 5.68. The van der Waals surface area contributed by atoms with Gasteiger partial charge >= 0.3 is 0 Å². The summed E-state index contributed by atoms with van der Waals surface area (Å²) in [4.78, 5) is 14.4. The minimum absolute atomic E-state index is 0.176. The van der Waals surface area contributed by atoms with Crippen LogP contribution < -0.4 is 10.6 Å². The van der Waals surface area contributed by atoms with E-state index in [1.54, 1.807) is 0 Å². The maximum Gasteiger partial charge on any atom is 0.220 e. The number of nitrogens with one attached hydrogen (secondary N) is 2. The molecular formula is C17H27N3O. The fourth-order valence-electron chi connectivity index (χ4n) is 2.84. The van der Waals surface area contributed by atoms with Crippen molar-refractivity contribution in [3.8, 4) is 0 Å². The Morgan fingerprint density at radius 2 is 1.95 bits per heavy atom. The summed E-state index contributed by atoms with van der Waals surface area (Å²) in [5, 5.41) is 6.33. The lowest BCUT2D eigenvalue weighted by atomic mass is 9.99. The van der Waals surface area contributed by atoms with E-state index in [1.807, 2.05) is 6.07 Å². The molecule has 1 fully saturated rings. The molecule has 0 aliphatic carbocycles. The predicted octanol–water partition coefficient (Wildman–Crippen LogP) is 1.80. The molecule has 1 amide bonds. The Morgan fingerprint density at radius 3 is 2.48 bits per heavy atom. The largest absolute Gasteiger partial charge is 0.354 e. The molecule has 1 aromatic rings. The van der Waals surface area contributed by atoms with Crippen LogP contribution in [0.1, 0.15) is 31.9 Å². The van der Waals surface area contributed by atoms with Crippen molar-refractivity contribution in [1.29, 1.82) is 0 Å². The van der Waals surface area contributed by atoms with Crippen molar-refractivity contribution in [3.63, 3.8) is 0 Å². The van der Waals surface area contributed by atoms with Gasteiger partial charge in [0.25, 0.3) is 0 Å². The highest BCUT2D eigenvalue weighted by Gasteiger charge is 2.22. The summed E-state index contributed by atoms with van der Waals surface area (Å²) >= 11 is 0. The van der Waals surface area contributed by atoms with E-state index in [4.69, 9.17) is 0 Å². The Labute approximate surface area is 127 Å². The van der Waals surface area contributed by atoms with E-state index >= 15 is 0 Å². The highest BCUT2D eigenvalue weighted by molar-refractivity contribution is 5.76. The van der Waals surface area contributed by atoms with Crippen LogP contribution in [0.25, 0.3) is 0 Å². The maximum atomic E-state index is 12.0. The van der Waals surface area contributed by atoms with E-state index in [-0.39, 0.29) is 11.9 Å². The van der Waals surface area contributed by atoms with Gasteiger partial charge in [-0.05, 0) is 37.7 Å². The molecule has 21 heavy (non-hydrogen) atoms. The molecule has 0 bridgehead atoms. The van der Waals surface area contributed by atoms with Gasteiger partial charge in [-0.1, -0.05) is 44.2 Å². The molecule has 4 heteroatoms. The first kappa shape index (κ1) is 16.0. The number of hydrogen-bond donors (Lipinski definition) is 2. The molecule has 2 rings (SSSR count). The first-order chi connectivity index (χ1) is 10.2. The van der Waals surface area contributed by atoms with Gasteiger partial charge in [0.2, 0.25) is 5.91 Å². The van der Waals surface area contributed by atoms with Crippen LogP contribution in [0, 0.1) is 5.92 Å². The average Bonchev–Trinajstić information content (AvgIpc) is 2.48. The summed E-state index contributed by atoms with van der Waals surface area (Å²) in [5.74, 6) is 0.697. The van der Waals surface area contributed by atoms with E-state index in [9.17, 15) is 4.79 Å². The molecule has 1 aliphatic heterocycles. The van der Waals surface area contributed by atoms with Crippen molar-refractivity contribution in [2.24, 2.45) is 5.92 Å². The third-order valence-electron chi connectivity index (χ3n) is 4.27. The Balaban J connectivity index is 1.93. The minimum atomic E-state index is 0.176. The van der Waals surface area contributed by atoms with Gasteiger partial charge in [-0.3, -0.25) is 9.69 Å². The van der Waals surface area contributed by atoms with Crippen LogP contribution >= 0.6 is 0 Å². The molecule has 1 aromatic carbocycles. The van der Waals surface area contributed by atoms with Crippen molar-refractivity contribution in [2.45, 2.75) is 26.3 Å². The Kier molecular flexibility index (Phi) is 6.21. The summed E-state index contributed by atoms with van der Waals surface area (Å²) in [6.07, 6.45) is 0.646. The molecule has 1 heterocycles. The molecule has 4 nitrogen and oxygen atoms in total. The Hall–Kier alpha value is -1.39. The molecule has 1 unspecified atom stereocenters. The number of nitrogens with zero attached hydrogens (tertiary/aromatic N) is 1. The molecule has 1 atom stereocenters. The average molecular weight is 289 g/mol. The number of carbonyl (C=O) groups is 1. The summed E-state index contributed by atoms with van der Waals surface area (Å²) in [6, 6.07) is 10.7. The van der Waals surface area contributed by atoms with E-state index in [0.717, 1.165) is 26.2 Å². The summed E-state index contributed by atoms with van der Waals surface area (Å²) in [6.45, 7) is 8.95. The van der Waals surface area contributed by atoms with Gasteiger partial charge < -0.3 is 10.6 Å². The smallest absolute Gasteiger partial charge is 0.220 e. The number of rotatable bonds is 8. The molecule has 1 aliphatic rings. The highest BCUT2D eigenvalue weighted by Crippen LogP contribution is 2.19. The number of hydrogen-bond acceptors (Lipinski definition) is 3. The van der Waals surface area contributed by atoms with Crippen molar-refractivity contribution in [2.75, 3.05) is 32.7 Å². The van der Waals surface area contributed by atoms with E-state index in [0.29, 0.717) is 18.9 Å². The third kappa shape index (κ3) is 4.55. The van der Waals surface area contributed by atoms with Crippen LogP contribution in [0.2, 0.25) is 0 Å². The Bertz CT molecular complexity index is 427. The molecule has 2 N–H and O–H groups in total. The quantitative estimate of drug-likeness (QED) is 0.767. The highest BCUT2D eigenvalue weighted by atomic mass is 16.1. The fraction of sp³-hybridized carbons (Fsp3) is 0.588. The maximum absolute atomic E-state index is 12.0. The predicted molar refractivity (Wildman–Crippen MR) is 86.1 cm³/mol. The first-order valence-electron chi connectivity index (χ1n) is 8.01. The fourth-order valence-corrected chi connectivity index (χ4v) is 2.84. The lowest BCUT2D eigenvalue weighted by molar-refractivity contribution is -0.122. The zero-order valence-electron chi connectivity index (χ0n) is 13.1. The molecule has 116 valence electrons. The molecule has 1 saturated heterocycles. The van der Waals surface area contributed by atoms with Gasteiger partial charge in [0.05, 0.1) is 6.04 Å². The number of carbonyl (C=O) groups excluding carboxylic acids is 1. The lowest BCUT2D eigenvalue weighted by Gasteiger charge is -2.31. The van der Waals surface area contributed by atoms with Gasteiger partial charge in [0.15, 0.2) is 0 Å². The van der Waals surface area contributed by atoms with Crippen LogP contribution in [0.5, 0.6) is 0 Å². The standard InChI is InChI=1S/C17H27N3O/c1-3-20(4-2)16(15-8-6-5-7-9-15)13-19-17(21)10-14-11-18-12-14/h5-9,14,16,18H,3-4,10-13H2,1-2H3,(H,19,21). The second-order valence-corrected chi connectivity index (χ2v) is 5.68. The molecule has 0 spiro atoms. The van der Waals surface area contributed by atoms with Gasteiger partial charge in [-0.25, -0.2) is 0 Å². The van der Waals surface area contributed by atoms with Crippen LogP contribution in [0.4, 0.5) is 0 Å². The van der Waals surface area contributed by atoms with E-state index in [1.165, 1.54) is 5.56 Å². The normalized spacial score (nSPS) is 16.5. The number of benzene rings is 1. The van der Waals surface area contributed by atoms with Crippen LogP contribution in [0.15, 0.2) is 30.3 Å². The number of amides is 1. The zero-order valence-corrected chi connectivity index (χ0v) is 13.1. The zero-order chi connectivity index (χ0) is 15.1. The van der Waals surface area contributed by atoms with E-state index < -0.39 is 0 Å². The van der Waals surface area contributed by atoms with Gasteiger partial charge in [0.1, 0.15) is 0 Å². The molecular weight excluding hydrogens is 262 g/mol. The van der Waals surface area contributed by atoms with Crippen LogP contribution in [0.3, 0.4) is 0 Å². The van der Waals surface area contributed by atoms with E-state index in [2.05, 4.69) is 53.6 Å². The van der Waals surface area contributed by atoms with Crippen molar-refractivity contribution in [3.05, 3.63) is 35.9 Å². The monoisotopic (exact) mass is 289 g/mol. The van der Waals surface area contributed by atoms with Crippen molar-refractivity contribution < 1.29 is 4.79 Å². The minimum Gasteiger partial charge on any atom is -0.354 e. The SMILES string of the molecule is CCN(CC)C(CNC(=O)CC1CNC1)c1ccccc1. The second kappa shape index (κ2) is 8.15. The molecule has 0 saturated carbocycles. The number of likely N-dealkylation sites (N-methyl/N-ethyl adjacent to an activating group) is 1. The molecule has 0 radical (unpaired) electrons. The lowest BCUT2D eigenvalue weighted by Crippen LogP contribution is -2.45. The van der Waals surface area contributed by atoms with Crippen LogP contribution in [-0.2, 0) is 4.79 Å². The van der Waals surface area contributed by atoms with Gasteiger partial charge in [-0.15, -0.1) is 0 Å². The topological polar surface area (TPSA) is 44.4 Å². The van der Waals surface area contributed by atoms with Crippen molar-refractivity contribution in [1.82, 2.24) is 15.5 Å². The third-order valence-corrected chi connectivity index (χ3v) is 4.27. The summed E-state index contributed by atoms with van der Waals surface area (Å²) in [7, 11) is 0. The van der Waals surface area contributed by atoms with Crippen LogP contribution in [-0.4, -0.2) is 43.5 Å². The van der Waals surface area contributed by atoms with Crippen molar-refractivity contribution >= 4 is 5.91 Å². The Morgan fingerprint density at radius 1 is 1.29 bits per heavy atom. The van der Waals surface area contributed by atoms with Gasteiger partial charge in [0, 0.05) is 13.0 Å². The van der Waals surface area contributed by atoms with Gasteiger partial charge in [-0.2, -0.15) is 0 Å². The summed E-state index contributed by atoms with van der Waals surface area (Å²) < 4.78 is 0. The molecule has 0 aromatic heterocycles.